The van der Waals surface area contributed by atoms with E-state index in [0.29, 0.717) is 0 Å². The van der Waals surface area contributed by atoms with Crippen LogP contribution in [-0.2, 0) is 0 Å². The molecule has 10 rings (SSSR count). The van der Waals surface area contributed by atoms with Gasteiger partial charge >= 0.3 is 0 Å². The highest BCUT2D eigenvalue weighted by Crippen LogP contribution is 2.49. The number of fused-ring (bicyclic) bond motifs is 10. The Morgan fingerprint density at radius 3 is 1.64 bits per heavy atom. The topological polar surface area (TPSA) is 13.1 Å². The number of furan rings is 1. The molecule has 1 nitrogen and oxygen atoms in total. The summed E-state index contributed by atoms with van der Waals surface area (Å²) in [6.45, 7) is 0. The van der Waals surface area contributed by atoms with Crippen LogP contribution in [0.5, 0.6) is 0 Å². The van der Waals surface area contributed by atoms with Crippen molar-refractivity contribution in [3.63, 3.8) is 0 Å². The summed E-state index contributed by atoms with van der Waals surface area (Å²) in [5, 5.41) is 12.6. The summed E-state index contributed by atoms with van der Waals surface area (Å²) in [4.78, 5) is 0. The number of hydrogen-bond acceptors (Lipinski definition) is 2. The number of thiophene rings is 1. The zero-order valence-corrected chi connectivity index (χ0v) is 24.5. The Morgan fingerprint density at radius 1 is 0.364 bits per heavy atom. The van der Waals surface area contributed by atoms with Gasteiger partial charge in [0.1, 0.15) is 11.2 Å². The third-order valence-electron chi connectivity index (χ3n) is 9.25. The molecule has 0 atom stereocenters. The summed E-state index contributed by atoms with van der Waals surface area (Å²) < 4.78 is 9.04. The molecular weight excluding hydrogens is 553 g/mol. The molecule has 0 N–H and O–H groups in total. The first-order valence-electron chi connectivity index (χ1n) is 15.0. The molecule has 0 saturated heterocycles. The summed E-state index contributed by atoms with van der Waals surface area (Å²) in [5.74, 6) is 0. The molecule has 2 aromatic heterocycles. The summed E-state index contributed by atoms with van der Waals surface area (Å²) >= 11 is 1.90. The molecule has 44 heavy (non-hydrogen) atoms. The van der Waals surface area contributed by atoms with Gasteiger partial charge in [0.25, 0.3) is 0 Å². The van der Waals surface area contributed by atoms with E-state index >= 15 is 0 Å². The Balaban J connectivity index is 1.35. The Hall–Kier alpha value is -5.44. The van der Waals surface area contributed by atoms with Gasteiger partial charge in [0.05, 0.1) is 0 Å². The molecule has 10 aromatic rings. The van der Waals surface area contributed by atoms with Gasteiger partial charge in [-0.25, -0.2) is 0 Å². The van der Waals surface area contributed by atoms with E-state index in [1.807, 2.05) is 23.5 Å². The van der Waals surface area contributed by atoms with E-state index in [0.717, 1.165) is 21.9 Å². The molecule has 0 amide bonds. The van der Waals surface area contributed by atoms with Crippen molar-refractivity contribution < 1.29 is 4.42 Å². The van der Waals surface area contributed by atoms with E-state index in [9.17, 15) is 0 Å². The van der Waals surface area contributed by atoms with Crippen LogP contribution in [-0.4, -0.2) is 0 Å². The highest BCUT2D eigenvalue weighted by atomic mass is 32.1. The summed E-state index contributed by atoms with van der Waals surface area (Å²) in [7, 11) is 0. The maximum Gasteiger partial charge on any atom is 0.136 e. The molecule has 0 bridgehead atoms. The average molecular weight is 577 g/mol. The van der Waals surface area contributed by atoms with Gasteiger partial charge in [-0.2, -0.15) is 0 Å². The molecule has 2 heterocycles. The molecule has 8 aromatic carbocycles. The van der Waals surface area contributed by atoms with Crippen LogP contribution < -0.4 is 0 Å². The van der Waals surface area contributed by atoms with Gasteiger partial charge in [-0.15, -0.1) is 11.3 Å². The molecule has 0 fully saturated rings. The molecule has 0 radical (unpaired) electrons. The number of rotatable bonds is 2. The van der Waals surface area contributed by atoms with Crippen molar-refractivity contribution in [3.05, 3.63) is 146 Å². The Labute approximate surface area is 257 Å². The molecule has 204 valence electrons. The zero-order chi connectivity index (χ0) is 28.8. The Kier molecular flexibility index (Phi) is 4.94. The molecule has 0 aliphatic rings. The third-order valence-corrected chi connectivity index (χ3v) is 10.5. The van der Waals surface area contributed by atoms with E-state index in [-0.39, 0.29) is 0 Å². The molecule has 0 aliphatic carbocycles. The maximum absolute atomic E-state index is 6.35. The molecule has 0 spiro atoms. The van der Waals surface area contributed by atoms with Gasteiger partial charge in [0, 0.05) is 36.3 Å². The Bertz CT molecular complexity index is 2720. The van der Waals surface area contributed by atoms with Crippen molar-refractivity contribution in [2.45, 2.75) is 0 Å². The minimum absolute atomic E-state index is 0.918. The van der Waals surface area contributed by atoms with E-state index < -0.39 is 0 Å². The standard InChI is InChI=1S/C42H24OS/c1-6-18-34-26(11-1)35(24-36-29-13-8-10-20-39(29)44-42(34)36)41-32-16-4-2-14-30(32)40(31-15-3-5-17-33(31)41)25-21-22-28-27-12-7-9-19-37(27)43-38(28)23-25/h1-24H. The fourth-order valence-electron chi connectivity index (χ4n) is 7.36. The van der Waals surface area contributed by atoms with Crippen LogP contribution in [0.3, 0.4) is 0 Å². The minimum Gasteiger partial charge on any atom is -0.456 e. The zero-order valence-electron chi connectivity index (χ0n) is 23.7. The monoisotopic (exact) mass is 576 g/mol. The van der Waals surface area contributed by atoms with Gasteiger partial charge in [0.15, 0.2) is 0 Å². The van der Waals surface area contributed by atoms with Gasteiger partial charge in [-0.1, -0.05) is 115 Å². The van der Waals surface area contributed by atoms with Gasteiger partial charge < -0.3 is 4.42 Å². The summed E-state index contributed by atoms with van der Waals surface area (Å²) in [6, 6.07) is 53.0. The van der Waals surface area contributed by atoms with Crippen LogP contribution in [0, 0.1) is 0 Å². The van der Waals surface area contributed by atoms with Crippen LogP contribution in [0.25, 0.3) is 96.7 Å². The largest absolute Gasteiger partial charge is 0.456 e. The van der Waals surface area contributed by atoms with E-state index in [1.165, 1.54) is 74.7 Å². The van der Waals surface area contributed by atoms with Crippen molar-refractivity contribution >= 4 is 85.8 Å². The Morgan fingerprint density at radius 2 is 0.909 bits per heavy atom. The lowest BCUT2D eigenvalue weighted by Gasteiger charge is -2.19. The van der Waals surface area contributed by atoms with Crippen molar-refractivity contribution in [1.29, 1.82) is 0 Å². The minimum atomic E-state index is 0.918. The average Bonchev–Trinajstić information content (AvgIpc) is 3.65. The lowest BCUT2D eigenvalue weighted by molar-refractivity contribution is 0.669. The predicted octanol–water partition coefficient (Wildman–Crippen LogP) is 12.7. The lowest BCUT2D eigenvalue weighted by atomic mass is 9.84. The maximum atomic E-state index is 6.35. The first-order chi connectivity index (χ1) is 21.8. The van der Waals surface area contributed by atoms with E-state index in [2.05, 4.69) is 133 Å². The van der Waals surface area contributed by atoms with Crippen LogP contribution in [0.2, 0.25) is 0 Å². The van der Waals surface area contributed by atoms with E-state index in [4.69, 9.17) is 4.42 Å². The third kappa shape index (κ3) is 3.29. The second-order valence-electron chi connectivity index (χ2n) is 11.6. The van der Waals surface area contributed by atoms with Crippen LogP contribution in [0.15, 0.2) is 150 Å². The van der Waals surface area contributed by atoms with Gasteiger partial charge in [-0.05, 0) is 79.5 Å². The van der Waals surface area contributed by atoms with Crippen LogP contribution in [0.1, 0.15) is 0 Å². The van der Waals surface area contributed by atoms with Crippen molar-refractivity contribution in [2.24, 2.45) is 0 Å². The highest BCUT2D eigenvalue weighted by Gasteiger charge is 2.20. The fourth-order valence-corrected chi connectivity index (χ4v) is 8.59. The first kappa shape index (κ1) is 24.0. The summed E-state index contributed by atoms with van der Waals surface area (Å²) in [5.41, 5.74) is 6.82. The highest BCUT2D eigenvalue weighted by molar-refractivity contribution is 7.26. The van der Waals surface area contributed by atoms with E-state index in [1.54, 1.807) is 0 Å². The molecule has 0 unspecified atom stereocenters. The number of hydrogen-bond donors (Lipinski definition) is 0. The normalized spacial score (nSPS) is 12.1. The predicted molar refractivity (Wildman–Crippen MR) is 190 cm³/mol. The second-order valence-corrected chi connectivity index (χ2v) is 12.6. The van der Waals surface area contributed by atoms with Crippen molar-refractivity contribution in [1.82, 2.24) is 0 Å². The smallest absolute Gasteiger partial charge is 0.136 e. The second kappa shape index (κ2) is 9.03. The van der Waals surface area contributed by atoms with Gasteiger partial charge in [0.2, 0.25) is 0 Å². The SMILES string of the molecule is c1ccc2c(c1)oc1cc(-c3c4ccccc4c(-c4cc5c6ccccc6sc5c5ccccc45)c4ccccc34)ccc12. The molecule has 0 aliphatic heterocycles. The number of para-hydroxylation sites is 1. The summed E-state index contributed by atoms with van der Waals surface area (Å²) in [6.07, 6.45) is 0. The van der Waals surface area contributed by atoms with Crippen LogP contribution >= 0.6 is 11.3 Å². The van der Waals surface area contributed by atoms with Gasteiger partial charge in [-0.3, -0.25) is 0 Å². The quantitative estimate of drug-likeness (QED) is 0.187. The first-order valence-corrected chi connectivity index (χ1v) is 15.8. The number of benzene rings is 8. The lowest BCUT2D eigenvalue weighted by Crippen LogP contribution is -1.92. The fraction of sp³-hybridized carbons (Fsp3) is 0. The van der Waals surface area contributed by atoms with Crippen molar-refractivity contribution in [2.75, 3.05) is 0 Å². The molecule has 2 heteroatoms. The molecule has 0 saturated carbocycles. The van der Waals surface area contributed by atoms with Crippen LogP contribution in [0.4, 0.5) is 0 Å². The molecular formula is C42H24OS. The van der Waals surface area contributed by atoms with Crippen molar-refractivity contribution in [3.8, 4) is 22.3 Å².